The van der Waals surface area contributed by atoms with E-state index in [-0.39, 0.29) is 11.9 Å². The lowest BCUT2D eigenvalue weighted by atomic mass is 10.1. The summed E-state index contributed by atoms with van der Waals surface area (Å²) in [5.74, 6) is -0.621. The first kappa shape index (κ1) is 16.1. The summed E-state index contributed by atoms with van der Waals surface area (Å²) in [5, 5.41) is 6.96. The van der Waals surface area contributed by atoms with Gasteiger partial charge in [0.2, 0.25) is 0 Å². The zero-order valence-electron chi connectivity index (χ0n) is 14.6. The lowest BCUT2D eigenvalue weighted by Crippen LogP contribution is -2.42. The van der Waals surface area contributed by atoms with Crippen molar-refractivity contribution in [3.8, 4) is 0 Å². The number of carbonyl (C=O) groups is 1. The smallest absolute Gasteiger partial charge is 0.255 e. The molecule has 4 heterocycles. The average molecular weight is 363 g/mol. The predicted octanol–water partition coefficient (Wildman–Crippen LogP) is 2.66. The Morgan fingerprint density at radius 3 is 2.85 bits per heavy atom. The van der Waals surface area contributed by atoms with Crippen molar-refractivity contribution in [2.45, 2.75) is 18.9 Å². The normalized spacial score (nSPS) is 15.6. The number of para-hydroxylation sites is 2. The largest absolute Gasteiger partial charge is 0.349 e. The standard InChI is InChI=1S/C20H18FN5O/c21-13-9-12-10-15(20(27)24-14-5-7-22-8-6-14)19-25-16-3-1-2-4-17(16)26(19)18(12)23-11-13/h1-4,9-11,14,22H,5-8H2,(H,24,27). The number of halogens is 1. The highest BCUT2D eigenvalue weighted by Gasteiger charge is 2.21. The number of hydrogen-bond acceptors (Lipinski definition) is 4. The van der Waals surface area contributed by atoms with Crippen molar-refractivity contribution in [1.29, 1.82) is 0 Å². The van der Waals surface area contributed by atoms with Crippen LogP contribution in [-0.4, -0.2) is 39.4 Å². The lowest BCUT2D eigenvalue weighted by molar-refractivity contribution is 0.0931. The molecule has 3 aromatic heterocycles. The van der Waals surface area contributed by atoms with Crippen LogP contribution in [0.25, 0.3) is 27.7 Å². The van der Waals surface area contributed by atoms with Crippen LogP contribution >= 0.6 is 0 Å². The van der Waals surface area contributed by atoms with Crippen molar-refractivity contribution in [3.05, 3.63) is 54.0 Å². The van der Waals surface area contributed by atoms with Gasteiger partial charge in [-0.2, -0.15) is 0 Å². The second kappa shape index (κ2) is 6.28. The Hall–Kier alpha value is -3.06. The number of benzene rings is 1. The van der Waals surface area contributed by atoms with E-state index in [9.17, 15) is 9.18 Å². The van der Waals surface area contributed by atoms with Crippen LogP contribution in [0.15, 0.2) is 42.6 Å². The van der Waals surface area contributed by atoms with Crippen molar-refractivity contribution in [3.63, 3.8) is 0 Å². The quantitative estimate of drug-likeness (QED) is 0.574. The van der Waals surface area contributed by atoms with E-state index >= 15 is 0 Å². The van der Waals surface area contributed by atoms with Gasteiger partial charge in [0.05, 0.1) is 22.8 Å². The van der Waals surface area contributed by atoms with Gasteiger partial charge in [-0.25, -0.2) is 14.4 Å². The number of aromatic nitrogens is 3. The summed E-state index contributed by atoms with van der Waals surface area (Å²) in [6.45, 7) is 1.78. The molecule has 0 bridgehead atoms. The zero-order chi connectivity index (χ0) is 18.4. The number of hydrogen-bond donors (Lipinski definition) is 2. The molecule has 0 saturated carbocycles. The van der Waals surface area contributed by atoms with Crippen molar-refractivity contribution in [2.75, 3.05) is 13.1 Å². The maximum atomic E-state index is 13.8. The number of pyridine rings is 2. The van der Waals surface area contributed by atoms with E-state index in [2.05, 4.69) is 20.6 Å². The molecule has 4 aromatic rings. The van der Waals surface area contributed by atoms with E-state index in [4.69, 9.17) is 0 Å². The van der Waals surface area contributed by atoms with Crippen LogP contribution in [-0.2, 0) is 0 Å². The molecule has 6 nitrogen and oxygen atoms in total. The van der Waals surface area contributed by atoms with Crippen molar-refractivity contribution < 1.29 is 9.18 Å². The second-order valence-electron chi connectivity index (χ2n) is 6.88. The highest BCUT2D eigenvalue weighted by Crippen LogP contribution is 2.26. The minimum atomic E-state index is -0.434. The van der Waals surface area contributed by atoms with Gasteiger partial charge in [0.15, 0.2) is 5.65 Å². The average Bonchev–Trinajstić information content (AvgIpc) is 3.07. The summed E-state index contributed by atoms with van der Waals surface area (Å²) in [7, 11) is 0. The van der Waals surface area contributed by atoms with Gasteiger partial charge in [0, 0.05) is 11.4 Å². The fourth-order valence-corrected chi connectivity index (χ4v) is 3.78. The van der Waals surface area contributed by atoms with Crippen LogP contribution in [0.3, 0.4) is 0 Å². The number of nitrogens with one attached hydrogen (secondary N) is 2. The molecule has 5 rings (SSSR count). The number of imidazole rings is 1. The number of amides is 1. The first-order valence-corrected chi connectivity index (χ1v) is 9.08. The minimum absolute atomic E-state index is 0.129. The van der Waals surface area contributed by atoms with Gasteiger partial charge in [-0.3, -0.25) is 9.20 Å². The fraction of sp³-hybridized carbons (Fsp3) is 0.250. The first-order chi connectivity index (χ1) is 13.2. The molecule has 1 aliphatic rings. The van der Waals surface area contributed by atoms with E-state index in [1.807, 2.05) is 28.7 Å². The van der Waals surface area contributed by atoms with Crippen LogP contribution in [0.2, 0.25) is 0 Å². The van der Waals surface area contributed by atoms with Gasteiger partial charge in [-0.15, -0.1) is 0 Å². The fourth-order valence-electron chi connectivity index (χ4n) is 3.78. The summed E-state index contributed by atoms with van der Waals surface area (Å²) >= 11 is 0. The highest BCUT2D eigenvalue weighted by molar-refractivity contribution is 6.05. The van der Waals surface area contributed by atoms with Gasteiger partial charge in [-0.05, 0) is 50.2 Å². The van der Waals surface area contributed by atoms with E-state index in [1.165, 1.54) is 12.3 Å². The summed E-state index contributed by atoms with van der Waals surface area (Å²) in [4.78, 5) is 21.9. The molecular weight excluding hydrogens is 345 g/mol. The molecule has 1 aliphatic heterocycles. The third-order valence-corrected chi connectivity index (χ3v) is 5.09. The van der Waals surface area contributed by atoms with Crippen LogP contribution in [0, 0.1) is 5.82 Å². The van der Waals surface area contributed by atoms with Crippen molar-refractivity contribution >= 4 is 33.6 Å². The van der Waals surface area contributed by atoms with E-state index in [1.54, 1.807) is 6.07 Å². The third kappa shape index (κ3) is 2.71. The molecule has 0 unspecified atom stereocenters. The molecule has 0 spiro atoms. The van der Waals surface area contributed by atoms with Crippen molar-refractivity contribution in [2.24, 2.45) is 0 Å². The Bertz CT molecular complexity index is 1180. The van der Waals surface area contributed by atoms with E-state index in [0.29, 0.717) is 22.2 Å². The summed E-state index contributed by atoms with van der Waals surface area (Å²) in [5.41, 5.74) is 3.16. The topological polar surface area (TPSA) is 71.3 Å². The summed E-state index contributed by atoms with van der Waals surface area (Å²) < 4.78 is 15.6. The Morgan fingerprint density at radius 2 is 2.00 bits per heavy atom. The first-order valence-electron chi connectivity index (χ1n) is 9.08. The molecule has 27 heavy (non-hydrogen) atoms. The number of fused-ring (bicyclic) bond motifs is 5. The van der Waals surface area contributed by atoms with Crippen LogP contribution in [0.4, 0.5) is 4.39 Å². The van der Waals surface area contributed by atoms with E-state index < -0.39 is 5.82 Å². The zero-order valence-corrected chi connectivity index (χ0v) is 14.6. The third-order valence-electron chi connectivity index (χ3n) is 5.09. The molecule has 0 atom stereocenters. The number of carbonyl (C=O) groups excluding carboxylic acids is 1. The number of rotatable bonds is 2. The molecule has 1 fully saturated rings. The lowest BCUT2D eigenvalue weighted by Gasteiger charge is -2.23. The molecular formula is C20H18FN5O. The molecule has 0 aliphatic carbocycles. The Kier molecular flexibility index (Phi) is 3.75. The van der Waals surface area contributed by atoms with Gasteiger partial charge in [-0.1, -0.05) is 12.1 Å². The maximum absolute atomic E-state index is 13.8. The molecule has 2 N–H and O–H groups in total. The Balaban J connectivity index is 1.73. The summed E-state index contributed by atoms with van der Waals surface area (Å²) in [6.07, 6.45) is 2.97. The SMILES string of the molecule is O=C(NC1CCNCC1)c1cc2cc(F)cnc2n2c1nc1ccccc12. The molecule has 1 aromatic carbocycles. The van der Waals surface area contributed by atoms with Crippen LogP contribution in [0.5, 0.6) is 0 Å². The predicted molar refractivity (Wildman–Crippen MR) is 101 cm³/mol. The maximum Gasteiger partial charge on any atom is 0.255 e. The molecule has 136 valence electrons. The highest BCUT2D eigenvalue weighted by atomic mass is 19.1. The van der Waals surface area contributed by atoms with Crippen molar-refractivity contribution in [1.82, 2.24) is 25.0 Å². The molecule has 1 amide bonds. The number of piperidine rings is 1. The number of nitrogens with zero attached hydrogens (tertiary/aromatic N) is 3. The monoisotopic (exact) mass is 363 g/mol. The molecule has 1 saturated heterocycles. The second-order valence-corrected chi connectivity index (χ2v) is 6.88. The van der Waals surface area contributed by atoms with Gasteiger partial charge in [0.25, 0.3) is 5.91 Å². The summed E-state index contributed by atoms with van der Waals surface area (Å²) in [6, 6.07) is 10.8. The Labute approximate surface area is 154 Å². The van der Waals surface area contributed by atoms with Crippen LogP contribution < -0.4 is 10.6 Å². The molecule has 0 radical (unpaired) electrons. The molecule has 7 heteroatoms. The Morgan fingerprint density at radius 1 is 1.19 bits per heavy atom. The van der Waals surface area contributed by atoms with Gasteiger partial charge >= 0.3 is 0 Å². The van der Waals surface area contributed by atoms with Gasteiger partial charge in [0.1, 0.15) is 11.5 Å². The van der Waals surface area contributed by atoms with Crippen LogP contribution in [0.1, 0.15) is 23.2 Å². The van der Waals surface area contributed by atoms with Gasteiger partial charge < -0.3 is 10.6 Å². The van der Waals surface area contributed by atoms with E-state index in [0.717, 1.165) is 37.0 Å². The minimum Gasteiger partial charge on any atom is -0.349 e.